The van der Waals surface area contributed by atoms with Gasteiger partial charge in [-0.15, -0.1) is 0 Å². The van der Waals surface area contributed by atoms with E-state index in [1.807, 2.05) is 71.4 Å². The molecule has 0 radical (unpaired) electrons. The number of carbonyl (C=O) groups excluding carboxylic acids is 1. The van der Waals surface area contributed by atoms with Gasteiger partial charge in [-0.25, -0.2) is 4.98 Å². The summed E-state index contributed by atoms with van der Waals surface area (Å²) in [6, 6.07) is 19.3. The van der Waals surface area contributed by atoms with Crippen LogP contribution >= 0.6 is 23.8 Å². The van der Waals surface area contributed by atoms with Crippen molar-refractivity contribution in [3.8, 4) is 5.75 Å². The summed E-state index contributed by atoms with van der Waals surface area (Å²) in [5.41, 5.74) is 1.10. The summed E-state index contributed by atoms with van der Waals surface area (Å²) in [6.45, 7) is 0.673. The van der Waals surface area contributed by atoms with E-state index in [-0.39, 0.29) is 9.70 Å². The van der Waals surface area contributed by atoms with Crippen molar-refractivity contribution in [1.29, 1.82) is 0 Å². The van der Waals surface area contributed by atoms with Crippen molar-refractivity contribution in [2.45, 2.75) is 11.8 Å². The molecule has 1 heterocycles. The maximum atomic E-state index is 12.3. The molecule has 1 aromatic heterocycles. The van der Waals surface area contributed by atoms with Crippen molar-refractivity contribution >= 4 is 28.3 Å². The molecule has 0 fully saturated rings. The Morgan fingerprint density at radius 1 is 1.08 bits per heavy atom. The number of aromatic nitrogens is 2. The monoisotopic (exact) mass is 356 g/mol. The predicted octanol–water partition coefficient (Wildman–Crippen LogP) is 5.20. The normalized spacial score (nSPS) is 11.8. The largest absolute Gasteiger partial charge is 0.417 e. The average Bonchev–Trinajstić information content (AvgIpc) is 3.14. The Hall–Kier alpha value is -2.18. The number of para-hydroxylation sites is 1. The molecule has 3 aromatic rings. The zero-order valence-electron chi connectivity index (χ0n) is 12.8. The first-order valence-electron chi connectivity index (χ1n) is 7.42. The highest BCUT2D eigenvalue weighted by Gasteiger charge is 2.19. The van der Waals surface area contributed by atoms with Gasteiger partial charge in [0.1, 0.15) is 17.8 Å². The van der Waals surface area contributed by atoms with Crippen LogP contribution in [0.1, 0.15) is 10.8 Å². The molecule has 0 saturated carbocycles. The summed E-state index contributed by atoms with van der Waals surface area (Å²) in [4.78, 5) is 16.4. The summed E-state index contributed by atoms with van der Waals surface area (Å²) in [5, 5.41) is -0.000210. The topological polar surface area (TPSA) is 44.1 Å². The van der Waals surface area contributed by atoms with Crippen molar-refractivity contribution in [2.75, 3.05) is 0 Å². The summed E-state index contributed by atoms with van der Waals surface area (Å²) in [7, 11) is 0. The molecule has 122 valence electrons. The van der Waals surface area contributed by atoms with Crippen LogP contribution in [0.2, 0.25) is 0 Å². The molecular formula is C18H16N2O2S2. The van der Waals surface area contributed by atoms with E-state index >= 15 is 0 Å². The number of hydrogen-bond donors (Lipinski definition) is 0. The molecule has 0 bridgehead atoms. The second-order valence-electron chi connectivity index (χ2n) is 5.01. The van der Waals surface area contributed by atoms with E-state index in [1.165, 1.54) is 11.8 Å². The summed E-state index contributed by atoms with van der Waals surface area (Å²) >= 11 is 2.13. The van der Waals surface area contributed by atoms with Gasteiger partial charge in [0.05, 0.1) is 11.6 Å². The third-order valence-corrected chi connectivity index (χ3v) is 5.10. The lowest BCUT2D eigenvalue weighted by Gasteiger charge is -2.16. The van der Waals surface area contributed by atoms with Gasteiger partial charge in [0.15, 0.2) is 0 Å². The fourth-order valence-electron chi connectivity index (χ4n) is 2.16. The highest BCUT2D eigenvalue weighted by molar-refractivity contribution is 8.37. The van der Waals surface area contributed by atoms with E-state index in [4.69, 9.17) is 4.18 Å². The quantitative estimate of drug-likeness (QED) is 0.568. The lowest BCUT2D eigenvalue weighted by molar-refractivity contribution is 0.275. The Labute approximate surface area is 149 Å². The number of carbonyl (C=O) groups is 1. The highest BCUT2D eigenvalue weighted by atomic mass is 32.2. The van der Waals surface area contributed by atoms with Gasteiger partial charge in [-0.1, -0.05) is 60.3 Å². The number of hydrogen-bond acceptors (Lipinski definition) is 5. The van der Waals surface area contributed by atoms with Crippen molar-refractivity contribution in [1.82, 2.24) is 9.55 Å². The van der Waals surface area contributed by atoms with E-state index in [0.29, 0.717) is 12.3 Å². The van der Waals surface area contributed by atoms with E-state index in [9.17, 15) is 4.79 Å². The molecule has 3 rings (SSSR count). The minimum absolute atomic E-state index is 0.000210. The van der Waals surface area contributed by atoms with Crippen molar-refractivity contribution in [2.24, 2.45) is 0 Å². The van der Waals surface area contributed by atoms with Crippen LogP contribution < -0.4 is 4.18 Å². The van der Waals surface area contributed by atoms with Crippen LogP contribution in [0.3, 0.4) is 0 Å². The lowest BCUT2D eigenvalue weighted by Crippen LogP contribution is -2.06. The summed E-state index contributed by atoms with van der Waals surface area (Å²) in [6.07, 6.45) is 5.39. The minimum atomic E-state index is -0.0761. The Morgan fingerprint density at radius 3 is 2.46 bits per heavy atom. The second kappa shape index (κ2) is 8.61. The zero-order chi connectivity index (χ0) is 16.6. The maximum Gasteiger partial charge on any atom is 0.285 e. The number of nitrogens with zero attached hydrogens (tertiary/aromatic N) is 2. The third kappa shape index (κ3) is 4.91. The Morgan fingerprint density at radius 2 is 1.79 bits per heavy atom. The van der Waals surface area contributed by atoms with Gasteiger partial charge in [0, 0.05) is 18.9 Å². The van der Waals surface area contributed by atoms with Crippen molar-refractivity contribution in [3.63, 3.8) is 0 Å². The Kier molecular flexibility index (Phi) is 5.98. The van der Waals surface area contributed by atoms with Crippen LogP contribution in [0.25, 0.3) is 0 Å². The van der Waals surface area contributed by atoms with E-state index in [2.05, 4.69) is 4.98 Å². The van der Waals surface area contributed by atoms with E-state index in [1.54, 1.807) is 12.5 Å². The predicted molar refractivity (Wildman–Crippen MR) is 99.1 cm³/mol. The van der Waals surface area contributed by atoms with Gasteiger partial charge in [0.25, 0.3) is 4.45 Å². The summed E-state index contributed by atoms with van der Waals surface area (Å²) in [5.74, 6) is 0.669. The molecule has 0 spiro atoms. The van der Waals surface area contributed by atoms with E-state index in [0.717, 1.165) is 17.6 Å². The first-order chi connectivity index (χ1) is 11.8. The standard InChI is InChI=1S/C18H16N2O2S2/c21-18(24-22-16-9-5-2-6-10-16)23-17(13-20-12-11-19-14-20)15-7-3-1-4-8-15/h1-12,14,17H,13H2. The first-order valence-corrected chi connectivity index (χ1v) is 9.04. The molecule has 0 amide bonds. The molecule has 0 aliphatic rings. The van der Waals surface area contributed by atoms with Crippen LogP contribution in [0, 0.1) is 0 Å². The van der Waals surface area contributed by atoms with E-state index < -0.39 is 0 Å². The van der Waals surface area contributed by atoms with Gasteiger partial charge >= 0.3 is 0 Å². The molecular weight excluding hydrogens is 340 g/mol. The third-order valence-electron chi connectivity index (χ3n) is 3.29. The lowest BCUT2D eigenvalue weighted by atomic mass is 10.1. The Bertz CT molecular complexity index is 749. The maximum absolute atomic E-state index is 12.3. The fourth-order valence-corrected chi connectivity index (χ4v) is 3.81. The second-order valence-corrected chi connectivity index (χ2v) is 7.14. The molecule has 0 aliphatic carbocycles. The van der Waals surface area contributed by atoms with Crippen LogP contribution in [0.5, 0.6) is 5.75 Å². The molecule has 6 heteroatoms. The molecule has 4 nitrogen and oxygen atoms in total. The van der Waals surface area contributed by atoms with Crippen LogP contribution in [-0.2, 0) is 6.54 Å². The molecule has 2 aromatic carbocycles. The van der Waals surface area contributed by atoms with Gasteiger partial charge < -0.3 is 8.75 Å². The molecule has 1 unspecified atom stereocenters. The summed E-state index contributed by atoms with van der Waals surface area (Å²) < 4.78 is 7.36. The molecule has 24 heavy (non-hydrogen) atoms. The van der Waals surface area contributed by atoms with Crippen molar-refractivity contribution < 1.29 is 8.98 Å². The molecule has 0 N–H and O–H groups in total. The number of imidazole rings is 1. The average molecular weight is 356 g/mol. The van der Waals surface area contributed by atoms with Gasteiger partial charge in [-0.05, 0) is 17.7 Å². The van der Waals surface area contributed by atoms with Gasteiger partial charge in [-0.2, -0.15) is 0 Å². The number of thioether (sulfide) groups is 1. The van der Waals surface area contributed by atoms with Gasteiger partial charge in [-0.3, -0.25) is 4.79 Å². The first kappa shape index (κ1) is 16.7. The zero-order valence-corrected chi connectivity index (χ0v) is 14.5. The van der Waals surface area contributed by atoms with Crippen LogP contribution in [0.4, 0.5) is 4.79 Å². The SMILES string of the molecule is O=C(SOc1ccccc1)SC(Cn1ccnc1)c1ccccc1. The van der Waals surface area contributed by atoms with Gasteiger partial charge in [0.2, 0.25) is 0 Å². The molecule has 1 atom stereocenters. The number of rotatable bonds is 6. The Balaban J connectivity index is 1.63. The van der Waals surface area contributed by atoms with Crippen molar-refractivity contribution in [3.05, 3.63) is 84.9 Å². The van der Waals surface area contributed by atoms with Crippen LogP contribution in [0.15, 0.2) is 79.4 Å². The molecule has 0 aliphatic heterocycles. The smallest absolute Gasteiger partial charge is 0.285 e. The minimum Gasteiger partial charge on any atom is -0.417 e. The highest BCUT2D eigenvalue weighted by Crippen LogP contribution is 2.35. The van der Waals surface area contributed by atoms with Crippen LogP contribution in [-0.4, -0.2) is 14.0 Å². The molecule has 0 saturated heterocycles. The fraction of sp³-hybridized carbons (Fsp3) is 0.111. The number of benzene rings is 2.